The Labute approximate surface area is 95.7 Å². The smallest absolute Gasteiger partial charge is 0.286 e. The lowest BCUT2D eigenvalue weighted by Crippen LogP contribution is -2.36. The summed E-state index contributed by atoms with van der Waals surface area (Å²) >= 11 is 5.82. The first-order chi connectivity index (χ1) is 7.70. The summed E-state index contributed by atoms with van der Waals surface area (Å²) in [7, 11) is 0. The van der Waals surface area contributed by atoms with Crippen molar-refractivity contribution in [3.05, 3.63) is 35.0 Å². The Morgan fingerprint density at radius 1 is 1.38 bits per heavy atom. The standard InChI is InChI=1S/C10H8ClN3O2/c11-7-1-2-8-6(3-7)4-9(13-8)10(16)14-12-5-15/h1-5,13H,(H,12,15)(H,14,16). The molecule has 0 atom stereocenters. The van der Waals surface area contributed by atoms with E-state index >= 15 is 0 Å². The molecule has 0 bridgehead atoms. The van der Waals surface area contributed by atoms with E-state index < -0.39 is 5.91 Å². The Hall–Kier alpha value is -2.01. The molecule has 16 heavy (non-hydrogen) atoms. The number of carbonyl (C=O) groups excluding carboxylic acids is 2. The van der Waals surface area contributed by atoms with Gasteiger partial charge in [0.2, 0.25) is 6.41 Å². The molecule has 3 N–H and O–H groups in total. The van der Waals surface area contributed by atoms with E-state index in [-0.39, 0.29) is 0 Å². The number of benzene rings is 1. The normalized spacial score (nSPS) is 10.1. The van der Waals surface area contributed by atoms with E-state index in [4.69, 9.17) is 11.6 Å². The Bertz CT molecular complexity index is 550. The van der Waals surface area contributed by atoms with Gasteiger partial charge in [0.25, 0.3) is 5.91 Å². The van der Waals surface area contributed by atoms with Crippen molar-refractivity contribution in [1.82, 2.24) is 15.8 Å². The van der Waals surface area contributed by atoms with Gasteiger partial charge in [0.1, 0.15) is 5.69 Å². The second-order valence-electron chi connectivity index (χ2n) is 3.13. The summed E-state index contributed by atoms with van der Waals surface area (Å²) in [5.74, 6) is -0.417. The third-order valence-corrected chi connectivity index (χ3v) is 2.31. The summed E-state index contributed by atoms with van der Waals surface area (Å²) in [6, 6.07) is 6.91. The van der Waals surface area contributed by atoms with Crippen molar-refractivity contribution in [2.24, 2.45) is 0 Å². The number of aromatic nitrogens is 1. The second-order valence-corrected chi connectivity index (χ2v) is 3.57. The topological polar surface area (TPSA) is 74.0 Å². The predicted molar refractivity (Wildman–Crippen MR) is 60.0 cm³/mol. The van der Waals surface area contributed by atoms with Crippen LogP contribution in [0.3, 0.4) is 0 Å². The summed E-state index contributed by atoms with van der Waals surface area (Å²) in [6.07, 6.45) is 0.386. The minimum atomic E-state index is -0.417. The average molecular weight is 238 g/mol. The Morgan fingerprint density at radius 2 is 2.19 bits per heavy atom. The first kappa shape index (κ1) is 10.5. The van der Waals surface area contributed by atoms with Crippen LogP contribution in [-0.2, 0) is 4.79 Å². The van der Waals surface area contributed by atoms with E-state index in [0.29, 0.717) is 17.1 Å². The maximum atomic E-state index is 11.5. The van der Waals surface area contributed by atoms with Crippen LogP contribution in [0.2, 0.25) is 5.02 Å². The van der Waals surface area contributed by atoms with Gasteiger partial charge in [0.15, 0.2) is 0 Å². The fourth-order valence-electron chi connectivity index (χ4n) is 1.39. The molecule has 0 saturated carbocycles. The van der Waals surface area contributed by atoms with Gasteiger partial charge in [-0.15, -0.1) is 0 Å². The minimum Gasteiger partial charge on any atom is -0.350 e. The maximum absolute atomic E-state index is 11.5. The Kier molecular flexibility index (Phi) is 2.78. The SMILES string of the molecule is O=CNNC(=O)c1cc2cc(Cl)ccc2[nH]1. The highest BCUT2D eigenvalue weighted by Crippen LogP contribution is 2.19. The molecule has 0 unspecified atom stereocenters. The number of amides is 2. The lowest BCUT2D eigenvalue weighted by atomic mass is 10.2. The van der Waals surface area contributed by atoms with E-state index in [1.54, 1.807) is 24.3 Å². The molecule has 0 fully saturated rings. The van der Waals surface area contributed by atoms with Gasteiger partial charge in [-0.3, -0.25) is 20.4 Å². The van der Waals surface area contributed by atoms with Gasteiger partial charge in [0.05, 0.1) is 0 Å². The van der Waals surface area contributed by atoms with Crippen LogP contribution in [0.4, 0.5) is 0 Å². The number of H-pyrrole nitrogens is 1. The van der Waals surface area contributed by atoms with Crippen LogP contribution >= 0.6 is 11.6 Å². The summed E-state index contributed by atoms with van der Waals surface area (Å²) in [6.45, 7) is 0. The molecule has 0 aliphatic rings. The van der Waals surface area contributed by atoms with Gasteiger partial charge in [-0.1, -0.05) is 11.6 Å². The van der Waals surface area contributed by atoms with E-state index in [0.717, 1.165) is 10.9 Å². The Balaban J connectivity index is 2.32. The van der Waals surface area contributed by atoms with Crippen LogP contribution in [-0.4, -0.2) is 17.3 Å². The molecule has 0 spiro atoms. The van der Waals surface area contributed by atoms with Gasteiger partial charge in [-0.05, 0) is 24.3 Å². The van der Waals surface area contributed by atoms with Crippen LogP contribution in [0, 0.1) is 0 Å². The van der Waals surface area contributed by atoms with Crippen LogP contribution in [0.15, 0.2) is 24.3 Å². The highest BCUT2D eigenvalue weighted by atomic mass is 35.5. The molecule has 2 aromatic rings. The third-order valence-electron chi connectivity index (χ3n) is 2.07. The fraction of sp³-hybridized carbons (Fsp3) is 0. The molecule has 5 nitrogen and oxygen atoms in total. The van der Waals surface area contributed by atoms with Crippen LogP contribution in [0.5, 0.6) is 0 Å². The molecule has 2 rings (SSSR count). The monoisotopic (exact) mass is 237 g/mol. The summed E-state index contributed by atoms with van der Waals surface area (Å²) < 4.78 is 0. The molecule has 0 saturated heterocycles. The number of fused-ring (bicyclic) bond motifs is 1. The largest absolute Gasteiger partial charge is 0.350 e. The third kappa shape index (κ3) is 1.99. The average Bonchev–Trinajstić information content (AvgIpc) is 2.68. The Morgan fingerprint density at radius 3 is 2.94 bits per heavy atom. The molecular weight excluding hydrogens is 230 g/mol. The number of hydrogen-bond acceptors (Lipinski definition) is 2. The van der Waals surface area contributed by atoms with Crippen molar-refractivity contribution < 1.29 is 9.59 Å². The van der Waals surface area contributed by atoms with E-state index in [1.165, 1.54) is 0 Å². The molecule has 1 aromatic heterocycles. The lowest BCUT2D eigenvalue weighted by molar-refractivity contribution is -0.110. The molecule has 0 radical (unpaired) electrons. The van der Waals surface area contributed by atoms with E-state index in [9.17, 15) is 9.59 Å². The quantitative estimate of drug-likeness (QED) is 0.555. The van der Waals surface area contributed by atoms with Crippen molar-refractivity contribution >= 4 is 34.8 Å². The zero-order valence-corrected chi connectivity index (χ0v) is 8.84. The summed E-state index contributed by atoms with van der Waals surface area (Å²) in [5.41, 5.74) is 5.44. The van der Waals surface area contributed by atoms with Crippen molar-refractivity contribution in [1.29, 1.82) is 0 Å². The number of hydrazine groups is 1. The molecule has 1 aromatic carbocycles. The van der Waals surface area contributed by atoms with Gasteiger partial charge in [0, 0.05) is 15.9 Å². The molecule has 2 amide bonds. The van der Waals surface area contributed by atoms with Crippen LogP contribution < -0.4 is 10.9 Å². The number of rotatable bonds is 3. The highest BCUT2D eigenvalue weighted by molar-refractivity contribution is 6.31. The first-order valence-corrected chi connectivity index (χ1v) is 4.86. The summed E-state index contributed by atoms with van der Waals surface area (Å²) in [4.78, 5) is 24.4. The van der Waals surface area contributed by atoms with Gasteiger partial charge >= 0.3 is 0 Å². The highest BCUT2D eigenvalue weighted by Gasteiger charge is 2.08. The van der Waals surface area contributed by atoms with Gasteiger partial charge in [-0.2, -0.15) is 0 Å². The van der Waals surface area contributed by atoms with Crippen molar-refractivity contribution in [2.45, 2.75) is 0 Å². The van der Waals surface area contributed by atoms with E-state index in [2.05, 4.69) is 15.8 Å². The van der Waals surface area contributed by atoms with Gasteiger partial charge in [-0.25, -0.2) is 0 Å². The predicted octanol–water partition coefficient (Wildman–Crippen LogP) is 1.21. The lowest BCUT2D eigenvalue weighted by Gasteiger charge is -1.98. The number of carbonyl (C=O) groups is 2. The number of aromatic amines is 1. The zero-order chi connectivity index (χ0) is 11.5. The molecule has 0 aliphatic heterocycles. The van der Waals surface area contributed by atoms with Gasteiger partial charge < -0.3 is 4.98 Å². The van der Waals surface area contributed by atoms with Crippen molar-refractivity contribution in [2.75, 3.05) is 0 Å². The molecule has 1 heterocycles. The van der Waals surface area contributed by atoms with Crippen LogP contribution in [0.1, 0.15) is 10.5 Å². The minimum absolute atomic E-state index is 0.353. The van der Waals surface area contributed by atoms with E-state index in [1.807, 2.05) is 0 Å². The molecule has 6 heteroatoms. The first-order valence-electron chi connectivity index (χ1n) is 4.48. The van der Waals surface area contributed by atoms with Crippen molar-refractivity contribution in [3.8, 4) is 0 Å². The van der Waals surface area contributed by atoms with Crippen molar-refractivity contribution in [3.63, 3.8) is 0 Å². The maximum Gasteiger partial charge on any atom is 0.286 e. The molecule has 82 valence electrons. The fourth-order valence-corrected chi connectivity index (χ4v) is 1.57. The molecular formula is C10H8ClN3O2. The number of nitrogens with one attached hydrogen (secondary N) is 3. The zero-order valence-electron chi connectivity index (χ0n) is 8.08. The van der Waals surface area contributed by atoms with Crippen LogP contribution in [0.25, 0.3) is 10.9 Å². The number of halogens is 1. The molecule has 0 aliphatic carbocycles. The summed E-state index contributed by atoms with van der Waals surface area (Å²) in [5, 5.41) is 1.44. The number of hydrogen-bond donors (Lipinski definition) is 3. The second kappa shape index (κ2) is 4.24.